The smallest absolute Gasteiger partial charge is 0.335 e. The number of benzene rings is 1. The highest BCUT2D eigenvalue weighted by atomic mass is 16.5. The Hall–Kier alpha value is -3.36. The van der Waals surface area contributed by atoms with Gasteiger partial charge in [0.05, 0.1) is 24.1 Å². The van der Waals surface area contributed by atoms with Gasteiger partial charge in [-0.25, -0.2) is 9.78 Å². The number of carboxylic acids is 1. The van der Waals surface area contributed by atoms with Crippen molar-refractivity contribution >= 4 is 35.0 Å². The van der Waals surface area contributed by atoms with Crippen LogP contribution in [0.2, 0.25) is 0 Å². The maximum atomic E-state index is 12.5. The molecule has 1 aromatic heterocycles. The third-order valence-corrected chi connectivity index (χ3v) is 5.86. The van der Waals surface area contributed by atoms with Crippen molar-refractivity contribution in [3.05, 3.63) is 30.0 Å². The second kappa shape index (κ2) is 8.79. The maximum Gasteiger partial charge on any atom is 0.335 e. The normalized spacial score (nSPS) is 16.8. The molecule has 1 aliphatic heterocycles. The largest absolute Gasteiger partial charge is 0.492 e. The molecule has 1 saturated carbocycles. The van der Waals surface area contributed by atoms with Crippen LogP contribution in [0, 0.1) is 0 Å². The zero-order valence-corrected chi connectivity index (χ0v) is 17.8. The number of rotatable bonds is 6. The van der Waals surface area contributed by atoms with Crippen molar-refractivity contribution in [1.29, 1.82) is 0 Å². The minimum absolute atomic E-state index is 0.0500. The predicted octanol–water partition coefficient (Wildman–Crippen LogP) is 3.43. The van der Waals surface area contributed by atoms with Gasteiger partial charge in [-0.05, 0) is 38.0 Å². The van der Waals surface area contributed by atoms with Crippen molar-refractivity contribution in [1.82, 2.24) is 9.97 Å². The van der Waals surface area contributed by atoms with Gasteiger partial charge in [-0.3, -0.25) is 4.79 Å². The molecule has 9 nitrogen and oxygen atoms in total. The van der Waals surface area contributed by atoms with Crippen LogP contribution in [0.15, 0.2) is 24.4 Å². The second-order valence-corrected chi connectivity index (χ2v) is 7.81. The zero-order valence-electron chi connectivity index (χ0n) is 17.8. The van der Waals surface area contributed by atoms with Gasteiger partial charge < -0.3 is 25.0 Å². The predicted molar refractivity (Wildman–Crippen MR) is 118 cm³/mol. The monoisotopic (exact) mass is 425 g/mol. The second-order valence-electron chi connectivity index (χ2n) is 7.81. The number of aromatic carboxylic acids is 1. The van der Waals surface area contributed by atoms with Crippen molar-refractivity contribution in [2.75, 3.05) is 35.3 Å². The lowest BCUT2D eigenvalue weighted by molar-refractivity contribution is -0.118. The summed E-state index contributed by atoms with van der Waals surface area (Å²) in [5.74, 6) is 0.565. The Morgan fingerprint density at radius 3 is 2.81 bits per heavy atom. The van der Waals surface area contributed by atoms with Crippen molar-refractivity contribution in [3.8, 4) is 5.75 Å². The molecule has 1 fully saturated rings. The van der Waals surface area contributed by atoms with Gasteiger partial charge in [0.25, 0.3) is 0 Å². The number of carbonyl (C=O) groups excluding carboxylic acids is 1. The van der Waals surface area contributed by atoms with Crippen LogP contribution in [0.1, 0.15) is 49.4 Å². The molecule has 4 rings (SSSR count). The molecule has 2 aliphatic rings. The first-order valence-electron chi connectivity index (χ1n) is 10.7. The molecule has 1 aromatic carbocycles. The summed E-state index contributed by atoms with van der Waals surface area (Å²) in [6.07, 6.45) is 6.66. The number of carboxylic acid groups (broad SMARTS) is 1. The van der Waals surface area contributed by atoms with E-state index >= 15 is 0 Å². The Morgan fingerprint density at radius 2 is 2.10 bits per heavy atom. The summed E-state index contributed by atoms with van der Waals surface area (Å²) in [7, 11) is 1.76. The number of nitrogens with one attached hydrogen (secondary N) is 1. The SMILES string of the molecule is CCOc1cc(C(=O)O)ccc1Nc1ncc2c(n1)N(C1CCCC1)CCC(=O)N2C. The molecule has 0 unspecified atom stereocenters. The lowest BCUT2D eigenvalue weighted by atomic mass is 10.2. The van der Waals surface area contributed by atoms with Gasteiger partial charge in [0, 0.05) is 26.1 Å². The summed E-state index contributed by atoms with van der Waals surface area (Å²) in [4.78, 5) is 36.8. The number of anilines is 4. The van der Waals surface area contributed by atoms with E-state index in [1.54, 1.807) is 24.2 Å². The highest BCUT2D eigenvalue weighted by Gasteiger charge is 2.31. The molecule has 0 radical (unpaired) electrons. The summed E-state index contributed by atoms with van der Waals surface area (Å²) in [6, 6.07) is 5.01. The number of hydrogen-bond acceptors (Lipinski definition) is 7. The van der Waals surface area contributed by atoms with Crippen LogP contribution in [0.4, 0.5) is 23.1 Å². The number of amides is 1. The van der Waals surface area contributed by atoms with Gasteiger partial charge in [-0.15, -0.1) is 0 Å². The summed E-state index contributed by atoms with van der Waals surface area (Å²) in [5.41, 5.74) is 1.42. The number of nitrogens with zero attached hydrogens (tertiary/aromatic N) is 4. The van der Waals surface area contributed by atoms with E-state index in [9.17, 15) is 14.7 Å². The van der Waals surface area contributed by atoms with E-state index in [0.29, 0.717) is 48.7 Å². The number of fused-ring (bicyclic) bond motifs is 1. The lowest BCUT2D eigenvalue weighted by Gasteiger charge is -2.30. The summed E-state index contributed by atoms with van der Waals surface area (Å²) < 4.78 is 5.62. The number of hydrogen-bond donors (Lipinski definition) is 2. The Bertz CT molecular complexity index is 990. The van der Waals surface area contributed by atoms with E-state index in [1.165, 1.54) is 25.0 Å². The van der Waals surface area contributed by atoms with E-state index < -0.39 is 5.97 Å². The van der Waals surface area contributed by atoms with E-state index in [0.717, 1.165) is 18.7 Å². The van der Waals surface area contributed by atoms with Gasteiger partial charge in [0.2, 0.25) is 11.9 Å². The molecule has 31 heavy (non-hydrogen) atoms. The molecule has 1 aliphatic carbocycles. The number of carbonyl (C=O) groups is 2. The Labute approximate surface area is 181 Å². The average molecular weight is 425 g/mol. The molecule has 9 heteroatoms. The fourth-order valence-electron chi connectivity index (χ4n) is 4.22. The van der Waals surface area contributed by atoms with Crippen molar-refractivity contribution in [2.45, 2.75) is 45.1 Å². The van der Waals surface area contributed by atoms with E-state index in [2.05, 4.69) is 15.2 Å². The van der Waals surface area contributed by atoms with Gasteiger partial charge in [0.15, 0.2) is 5.82 Å². The van der Waals surface area contributed by atoms with Gasteiger partial charge in [-0.1, -0.05) is 12.8 Å². The van der Waals surface area contributed by atoms with E-state index in [1.807, 2.05) is 6.92 Å². The topological polar surface area (TPSA) is 108 Å². The zero-order chi connectivity index (χ0) is 22.0. The van der Waals surface area contributed by atoms with Crippen LogP contribution in [0.25, 0.3) is 0 Å². The fraction of sp³-hybridized carbons (Fsp3) is 0.455. The molecule has 2 aromatic rings. The van der Waals surface area contributed by atoms with Crippen LogP contribution in [0.3, 0.4) is 0 Å². The Morgan fingerprint density at radius 1 is 1.32 bits per heavy atom. The first-order valence-corrected chi connectivity index (χ1v) is 10.7. The van der Waals surface area contributed by atoms with Crippen LogP contribution < -0.4 is 19.9 Å². The molecule has 2 heterocycles. The molecule has 1 amide bonds. The van der Waals surface area contributed by atoms with Crippen LogP contribution in [-0.2, 0) is 4.79 Å². The summed E-state index contributed by atoms with van der Waals surface area (Å²) >= 11 is 0. The standard InChI is InChI=1S/C22H27N5O4/c1-3-31-18-12-14(21(29)30)8-9-16(18)24-22-23-13-17-20(25-22)27(15-6-4-5-7-15)11-10-19(28)26(17)2/h8-9,12-13,15H,3-7,10-11H2,1-2H3,(H,29,30)(H,23,24,25). The molecule has 164 valence electrons. The quantitative estimate of drug-likeness (QED) is 0.725. The molecule has 0 atom stereocenters. The van der Waals surface area contributed by atoms with Crippen molar-refractivity contribution in [2.24, 2.45) is 0 Å². The van der Waals surface area contributed by atoms with Gasteiger partial charge in [-0.2, -0.15) is 4.98 Å². The first-order chi connectivity index (χ1) is 15.0. The summed E-state index contributed by atoms with van der Waals surface area (Å²) in [6.45, 7) is 2.86. The Kier molecular flexibility index (Phi) is 5.92. The first kappa shape index (κ1) is 20.9. The van der Waals surface area contributed by atoms with Crippen LogP contribution in [-0.4, -0.2) is 53.2 Å². The minimum Gasteiger partial charge on any atom is -0.492 e. The third-order valence-electron chi connectivity index (χ3n) is 5.86. The molecule has 0 saturated heterocycles. The molecular formula is C22H27N5O4. The summed E-state index contributed by atoms with van der Waals surface area (Å²) in [5, 5.41) is 12.4. The van der Waals surface area contributed by atoms with Crippen molar-refractivity contribution < 1.29 is 19.4 Å². The molecule has 2 N–H and O–H groups in total. The van der Waals surface area contributed by atoms with Crippen LogP contribution >= 0.6 is 0 Å². The molecule has 0 spiro atoms. The minimum atomic E-state index is -1.02. The molecular weight excluding hydrogens is 398 g/mol. The van der Waals surface area contributed by atoms with E-state index in [4.69, 9.17) is 9.72 Å². The maximum absolute atomic E-state index is 12.5. The van der Waals surface area contributed by atoms with E-state index in [-0.39, 0.29) is 11.5 Å². The van der Waals surface area contributed by atoms with Crippen molar-refractivity contribution in [3.63, 3.8) is 0 Å². The number of aromatic nitrogens is 2. The van der Waals surface area contributed by atoms with Crippen LogP contribution in [0.5, 0.6) is 5.75 Å². The number of ether oxygens (including phenoxy) is 1. The highest BCUT2D eigenvalue weighted by molar-refractivity contribution is 5.97. The van der Waals surface area contributed by atoms with Gasteiger partial charge >= 0.3 is 5.97 Å². The van der Waals surface area contributed by atoms with Gasteiger partial charge in [0.1, 0.15) is 11.4 Å². The Balaban J connectivity index is 1.69. The lowest BCUT2D eigenvalue weighted by Crippen LogP contribution is -2.34. The highest BCUT2D eigenvalue weighted by Crippen LogP contribution is 2.37. The third kappa shape index (κ3) is 4.26. The average Bonchev–Trinajstić information content (AvgIpc) is 3.25. The molecule has 0 bridgehead atoms. The fourth-order valence-corrected chi connectivity index (χ4v) is 4.22.